The maximum absolute atomic E-state index is 12.8. The standard InChI is InChI=1S/C23H25BrN2O3/c24-23-11-15-8-16(12-23)10-22(9-15,14-23)13-20(27)25-17-3-5-18(6-4-17)26-21(28)19-2-1-7-29-19/h1-7,15-16H,8-14H2,(H,25,27)(H,26,28). The van der Waals surface area contributed by atoms with Crippen molar-refractivity contribution in [3.05, 3.63) is 48.4 Å². The number of hydrogen-bond acceptors (Lipinski definition) is 3. The monoisotopic (exact) mass is 456 g/mol. The summed E-state index contributed by atoms with van der Waals surface area (Å²) in [4.78, 5) is 24.8. The summed E-state index contributed by atoms with van der Waals surface area (Å²) >= 11 is 4.02. The van der Waals surface area contributed by atoms with Crippen LogP contribution in [-0.2, 0) is 4.79 Å². The number of carbonyl (C=O) groups is 2. The molecule has 2 N–H and O–H groups in total. The summed E-state index contributed by atoms with van der Waals surface area (Å²) in [6.45, 7) is 0. The van der Waals surface area contributed by atoms with Gasteiger partial charge in [-0.15, -0.1) is 0 Å². The van der Waals surface area contributed by atoms with Gasteiger partial charge in [0.15, 0.2) is 5.76 Å². The summed E-state index contributed by atoms with van der Waals surface area (Å²) in [5.74, 6) is 1.62. The molecule has 6 heteroatoms. The number of rotatable bonds is 5. The summed E-state index contributed by atoms with van der Waals surface area (Å²) in [5.41, 5.74) is 1.57. The summed E-state index contributed by atoms with van der Waals surface area (Å²) in [6, 6.07) is 10.5. The Morgan fingerprint density at radius 1 is 1.00 bits per heavy atom. The first-order chi connectivity index (χ1) is 13.9. The van der Waals surface area contributed by atoms with Gasteiger partial charge in [0.25, 0.3) is 5.91 Å². The zero-order valence-electron chi connectivity index (χ0n) is 16.2. The minimum atomic E-state index is -0.294. The fourth-order valence-electron chi connectivity index (χ4n) is 6.33. The predicted octanol–water partition coefficient (Wildman–Crippen LogP) is 5.59. The van der Waals surface area contributed by atoms with E-state index in [1.165, 1.54) is 38.4 Å². The zero-order chi connectivity index (χ0) is 20.1. The van der Waals surface area contributed by atoms with Crippen LogP contribution >= 0.6 is 15.9 Å². The van der Waals surface area contributed by atoms with Crippen molar-refractivity contribution in [2.24, 2.45) is 17.3 Å². The molecule has 4 fully saturated rings. The van der Waals surface area contributed by atoms with Crippen LogP contribution in [0.15, 0.2) is 47.1 Å². The molecule has 1 aromatic carbocycles. The number of benzene rings is 1. The molecule has 4 saturated carbocycles. The number of furan rings is 1. The van der Waals surface area contributed by atoms with Crippen molar-refractivity contribution in [3.63, 3.8) is 0 Å². The number of halogens is 1. The number of alkyl halides is 1. The molecule has 2 atom stereocenters. The highest BCUT2D eigenvalue weighted by Gasteiger charge is 2.57. The van der Waals surface area contributed by atoms with Crippen LogP contribution in [0.2, 0.25) is 0 Å². The molecule has 2 amide bonds. The van der Waals surface area contributed by atoms with E-state index in [-0.39, 0.29) is 27.3 Å². The third-order valence-electron chi connectivity index (χ3n) is 6.82. The predicted molar refractivity (Wildman–Crippen MR) is 115 cm³/mol. The van der Waals surface area contributed by atoms with Gasteiger partial charge in [0.2, 0.25) is 5.91 Å². The van der Waals surface area contributed by atoms with Gasteiger partial charge in [0, 0.05) is 22.1 Å². The Hall–Kier alpha value is -2.08. The van der Waals surface area contributed by atoms with E-state index in [1.54, 1.807) is 24.3 Å². The fraction of sp³-hybridized carbons (Fsp3) is 0.478. The largest absolute Gasteiger partial charge is 0.459 e. The maximum Gasteiger partial charge on any atom is 0.291 e. The van der Waals surface area contributed by atoms with Crippen molar-refractivity contribution in [1.29, 1.82) is 0 Å². The third kappa shape index (κ3) is 3.87. The lowest BCUT2D eigenvalue weighted by Gasteiger charge is -2.60. The zero-order valence-corrected chi connectivity index (χ0v) is 17.8. The van der Waals surface area contributed by atoms with Crippen LogP contribution in [0.1, 0.15) is 55.5 Å². The van der Waals surface area contributed by atoms with Crippen LogP contribution in [0.25, 0.3) is 0 Å². The van der Waals surface area contributed by atoms with Crippen molar-refractivity contribution in [3.8, 4) is 0 Å². The molecule has 2 aromatic rings. The molecule has 4 aliphatic carbocycles. The van der Waals surface area contributed by atoms with Crippen LogP contribution in [0.3, 0.4) is 0 Å². The molecule has 1 aromatic heterocycles. The first-order valence-electron chi connectivity index (χ1n) is 10.3. The second-order valence-electron chi connectivity index (χ2n) is 9.35. The Labute approximate surface area is 178 Å². The summed E-state index contributed by atoms with van der Waals surface area (Å²) in [7, 11) is 0. The van der Waals surface area contributed by atoms with E-state index in [1.807, 2.05) is 12.1 Å². The highest BCUT2D eigenvalue weighted by Crippen LogP contribution is 2.65. The lowest BCUT2D eigenvalue weighted by Crippen LogP contribution is -2.53. The summed E-state index contributed by atoms with van der Waals surface area (Å²) in [5, 5.41) is 5.83. The Balaban J connectivity index is 1.20. The van der Waals surface area contributed by atoms with Crippen LogP contribution in [0.5, 0.6) is 0 Å². The Morgan fingerprint density at radius 3 is 2.24 bits per heavy atom. The van der Waals surface area contributed by atoms with Gasteiger partial charge in [-0.05, 0) is 92.2 Å². The van der Waals surface area contributed by atoms with Crippen LogP contribution < -0.4 is 10.6 Å². The van der Waals surface area contributed by atoms with Crippen LogP contribution in [0, 0.1) is 17.3 Å². The smallest absolute Gasteiger partial charge is 0.291 e. The summed E-state index contributed by atoms with van der Waals surface area (Å²) in [6.07, 6.45) is 9.49. The minimum Gasteiger partial charge on any atom is -0.459 e. The number of hydrogen-bond donors (Lipinski definition) is 2. The van der Waals surface area contributed by atoms with Crippen molar-refractivity contribution in [2.45, 2.75) is 49.3 Å². The molecule has 6 rings (SSSR count). The number of carbonyl (C=O) groups excluding carboxylic acids is 2. The second-order valence-corrected chi connectivity index (χ2v) is 11.0. The highest BCUT2D eigenvalue weighted by molar-refractivity contribution is 9.10. The molecule has 5 nitrogen and oxygen atoms in total. The molecule has 0 radical (unpaired) electrons. The van der Waals surface area contributed by atoms with E-state index in [0.717, 1.165) is 23.9 Å². The Kier molecular flexibility index (Phi) is 4.57. The van der Waals surface area contributed by atoms with Crippen molar-refractivity contribution >= 4 is 39.1 Å². The van der Waals surface area contributed by atoms with E-state index in [0.29, 0.717) is 12.1 Å². The first kappa shape index (κ1) is 18.9. The van der Waals surface area contributed by atoms with Gasteiger partial charge in [-0.3, -0.25) is 9.59 Å². The van der Waals surface area contributed by atoms with Gasteiger partial charge in [-0.1, -0.05) is 15.9 Å². The molecule has 0 aliphatic heterocycles. The van der Waals surface area contributed by atoms with Crippen molar-refractivity contribution < 1.29 is 14.0 Å². The maximum atomic E-state index is 12.8. The molecule has 4 aliphatic rings. The van der Waals surface area contributed by atoms with Gasteiger partial charge in [-0.2, -0.15) is 0 Å². The lowest BCUT2D eigenvalue weighted by atomic mass is 9.48. The fourth-order valence-corrected chi connectivity index (χ4v) is 7.84. The molecule has 4 bridgehead atoms. The third-order valence-corrected chi connectivity index (χ3v) is 7.75. The van der Waals surface area contributed by atoms with Crippen molar-refractivity contribution in [2.75, 3.05) is 10.6 Å². The molecule has 0 saturated heterocycles. The molecule has 0 spiro atoms. The van der Waals surface area contributed by atoms with E-state index >= 15 is 0 Å². The van der Waals surface area contributed by atoms with Gasteiger partial charge in [0.1, 0.15) is 0 Å². The normalized spacial score (nSPS) is 32.2. The second kappa shape index (κ2) is 7.01. The minimum absolute atomic E-state index is 0.0930. The van der Waals surface area contributed by atoms with Crippen molar-refractivity contribution in [1.82, 2.24) is 0 Å². The topological polar surface area (TPSA) is 71.3 Å². The van der Waals surface area contributed by atoms with Gasteiger partial charge in [0.05, 0.1) is 6.26 Å². The molecule has 152 valence electrons. The van der Waals surface area contributed by atoms with E-state index in [9.17, 15) is 9.59 Å². The SMILES string of the molecule is O=C(CC12CC3CC(CC(Br)(C3)C1)C2)Nc1ccc(NC(=O)c2ccco2)cc1. The van der Waals surface area contributed by atoms with Crippen LogP contribution in [-0.4, -0.2) is 16.1 Å². The quantitative estimate of drug-likeness (QED) is 0.575. The molecule has 29 heavy (non-hydrogen) atoms. The van der Waals surface area contributed by atoms with E-state index < -0.39 is 0 Å². The number of anilines is 2. The molecular formula is C23H25BrN2O3. The average Bonchev–Trinajstić information content (AvgIpc) is 3.15. The number of amides is 2. The first-order valence-corrected chi connectivity index (χ1v) is 11.1. The Morgan fingerprint density at radius 2 is 1.66 bits per heavy atom. The van der Waals surface area contributed by atoms with E-state index in [2.05, 4.69) is 26.6 Å². The van der Waals surface area contributed by atoms with E-state index in [4.69, 9.17) is 4.42 Å². The molecular weight excluding hydrogens is 432 g/mol. The molecule has 2 unspecified atom stereocenters. The van der Waals surface area contributed by atoms with Crippen LogP contribution in [0.4, 0.5) is 11.4 Å². The number of nitrogens with one attached hydrogen (secondary N) is 2. The van der Waals surface area contributed by atoms with Gasteiger partial charge in [-0.25, -0.2) is 0 Å². The summed E-state index contributed by atoms with van der Waals surface area (Å²) < 4.78 is 5.36. The molecule has 1 heterocycles. The van der Waals surface area contributed by atoms with Gasteiger partial charge < -0.3 is 15.1 Å². The lowest BCUT2D eigenvalue weighted by molar-refractivity contribution is -0.123. The van der Waals surface area contributed by atoms with Gasteiger partial charge >= 0.3 is 0 Å². The Bertz CT molecular complexity index is 908. The highest BCUT2D eigenvalue weighted by atomic mass is 79.9. The average molecular weight is 457 g/mol.